The summed E-state index contributed by atoms with van der Waals surface area (Å²) in [7, 11) is 1.14. The highest BCUT2D eigenvalue weighted by Crippen LogP contribution is 2.27. The lowest BCUT2D eigenvalue weighted by molar-refractivity contribution is 0.0593. The quantitative estimate of drug-likeness (QED) is 0.475. The van der Waals surface area contributed by atoms with Crippen LogP contribution in [0.2, 0.25) is 0 Å². The maximum absolute atomic E-state index is 13.7. The molecule has 5 nitrogen and oxygen atoms in total. The van der Waals surface area contributed by atoms with Crippen molar-refractivity contribution >= 4 is 34.2 Å². The predicted octanol–water partition coefficient (Wildman–Crippen LogP) is 2.60. The number of nitriles is 1. The number of esters is 1. The molecule has 2 N–H and O–H groups in total. The SMILES string of the molecule is COC(=O)c1c(N)c(C#N)cn1-c1cc(F)c(I)c(F)c1. The highest BCUT2D eigenvalue weighted by atomic mass is 127. The molecule has 1 aromatic carbocycles. The van der Waals surface area contributed by atoms with Gasteiger partial charge in [-0.15, -0.1) is 0 Å². The number of halogens is 3. The molecule has 0 radical (unpaired) electrons. The molecule has 0 fully saturated rings. The number of carbonyl (C=O) groups excluding carboxylic acids is 1. The summed E-state index contributed by atoms with van der Waals surface area (Å²) in [6.07, 6.45) is 1.22. The van der Waals surface area contributed by atoms with E-state index in [0.717, 1.165) is 23.8 Å². The minimum atomic E-state index is -0.812. The number of hydrogen-bond acceptors (Lipinski definition) is 4. The lowest BCUT2D eigenvalue weighted by Gasteiger charge is -2.09. The van der Waals surface area contributed by atoms with Crippen molar-refractivity contribution in [3.8, 4) is 11.8 Å². The molecule has 0 aliphatic heterocycles. The van der Waals surface area contributed by atoms with Crippen LogP contribution < -0.4 is 5.73 Å². The van der Waals surface area contributed by atoms with Gasteiger partial charge in [-0.05, 0) is 34.7 Å². The van der Waals surface area contributed by atoms with Gasteiger partial charge in [0, 0.05) is 6.20 Å². The van der Waals surface area contributed by atoms with Crippen LogP contribution in [0.25, 0.3) is 5.69 Å². The summed E-state index contributed by atoms with van der Waals surface area (Å²) in [6.45, 7) is 0. The largest absolute Gasteiger partial charge is 0.464 e. The first kappa shape index (κ1) is 15.2. The summed E-state index contributed by atoms with van der Waals surface area (Å²) in [4.78, 5) is 11.8. The molecule has 0 aliphatic carbocycles. The Labute approximate surface area is 132 Å². The third kappa shape index (κ3) is 2.56. The third-order valence-electron chi connectivity index (χ3n) is 2.79. The summed E-state index contributed by atoms with van der Waals surface area (Å²) in [5, 5.41) is 8.97. The molecule has 8 heteroatoms. The van der Waals surface area contributed by atoms with Gasteiger partial charge in [-0.2, -0.15) is 5.26 Å². The topological polar surface area (TPSA) is 81.0 Å². The minimum Gasteiger partial charge on any atom is -0.464 e. The fraction of sp³-hybridized carbons (Fsp3) is 0.0769. The summed E-state index contributed by atoms with van der Waals surface area (Å²) in [5.74, 6) is -2.38. The summed E-state index contributed by atoms with van der Waals surface area (Å²) in [5.41, 5.74) is 5.47. The number of ether oxygens (including phenoxy) is 1. The van der Waals surface area contributed by atoms with Crippen molar-refractivity contribution in [3.05, 3.63) is 44.8 Å². The zero-order valence-electron chi connectivity index (χ0n) is 10.7. The molecule has 0 spiro atoms. The number of hydrogen-bond donors (Lipinski definition) is 1. The van der Waals surface area contributed by atoms with E-state index in [-0.39, 0.29) is 26.2 Å². The van der Waals surface area contributed by atoms with Crippen LogP contribution in [-0.4, -0.2) is 17.6 Å². The first-order valence-corrected chi connectivity index (χ1v) is 6.62. The van der Waals surface area contributed by atoms with Gasteiger partial charge in [-0.3, -0.25) is 0 Å². The van der Waals surface area contributed by atoms with E-state index in [1.54, 1.807) is 6.07 Å². The molecule has 2 aromatic rings. The van der Waals surface area contributed by atoms with Crippen LogP contribution in [-0.2, 0) is 4.74 Å². The Bertz CT molecular complexity index is 757. The second-order valence-corrected chi connectivity index (χ2v) is 5.08. The van der Waals surface area contributed by atoms with Gasteiger partial charge >= 0.3 is 5.97 Å². The van der Waals surface area contributed by atoms with Crippen LogP contribution in [0.4, 0.5) is 14.5 Å². The van der Waals surface area contributed by atoms with Crippen molar-refractivity contribution in [2.75, 3.05) is 12.8 Å². The molecule has 0 bridgehead atoms. The van der Waals surface area contributed by atoms with Crippen LogP contribution >= 0.6 is 22.6 Å². The predicted molar refractivity (Wildman–Crippen MR) is 78.9 cm³/mol. The first-order valence-electron chi connectivity index (χ1n) is 5.54. The number of benzene rings is 1. The van der Waals surface area contributed by atoms with Crippen LogP contribution in [0, 0.1) is 26.5 Å². The molecule has 0 atom stereocenters. The maximum atomic E-state index is 13.7. The molecular formula is C13H8F2IN3O2. The van der Waals surface area contributed by atoms with Crippen molar-refractivity contribution in [2.45, 2.75) is 0 Å². The average molecular weight is 403 g/mol. The van der Waals surface area contributed by atoms with Gasteiger partial charge in [-0.1, -0.05) is 0 Å². The Morgan fingerprint density at radius 1 is 1.43 bits per heavy atom. The number of nitrogens with two attached hydrogens (primary N) is 1. The van der Waals surface area contributed by atoms with Crippen molar-refractivity contribution < 1.29 is 18.3 Å². The lowest BCUT2D eigenvalue weighted by Crippen LogP contribution is -2.11. The number of carbonyl (C=O) groups is 1. The van der Waals surface area contributed by atoms with E-state index in [1.807, 2.05) is 0 Å². The molecule has 0 unspecified atom stereocenters. The minimum absolute atomic E-state index is 0.00904. The molecular weight excluding hydrogens is 395 g/mol. The highest BCUT2D eigenvalue weighted by molar-refractivity contribution is 14.1. The molecule has 0 amide bonds. The Hall–Kier alpha value is -2.15. The van der Waals surface area contributed by atoms with Crippen molar-refractivity contribution in [3.63, 3.8) is 0 Å². The summed E-state index contributed by atoms with van der Waals surface area (Å²) >= 11 is 1.53. The molecule has 0 aliphatic rings. The van der Waals surface area contributed by atoms with Gasteiger partial charge in [0.15, 0.2) is 5.69 Å². The number of aromatic nitrogens is 1. The molecule has 1 aromatic heterocycles. The second kappa shape index (κ2) is 5.69. The zero-order valence-corrected chi connectivity index (χ0v) is 12.8. The Morgan fingerprint density at radius 2 is 2.00 bits per heavy atom. The van der Waals surface area contributed by atoms with Crippen LogP contribution in [0.15, 0.2) is 18.3 Å². The summed E-state index contributed by atoms with van der Waals surface area (Å²) in [6, 6.07) is 3.88. The van der Waals surface area contributed by atoms with Crippen LogP contribution in [0.5, 0.6) is 0 Å². The Balaban J connectivity index is 2.75. The van der Waals surface area contributed by atoms with Gasteiger partial charge in [0.2, 0.25) is 0 Å². The van der Waals surface area contributed by atoms with Gasteiger partial charge in [-0.25, -0.2) is 13.6 Å². The fourth-order valence-corrected chi connectivity index (χ4v) is 2.11. The van der Waals surface area contributed by atoms with Crippen molar-refractivity contribution in [2.24, 2.45) is 0 Å². The van der Waals surface area contributed by atoms with E-state index in [1.165, 1.54) is 28.8 Å². The smallest absolute Gasteiger partial charge is 0.357 e. The van der Waals surface area contributed by atoms with E-state index < -0.39 is 17.6 Å². The number of nitrogens with zero attached hydrogens (tertiary/aromatic N) is 2. The fourth-order valence-electron chi connectivity index (χ4n) is 1.80. The highest BCUT2D eigenvalue weighted by Gasteiger charge is 2.22. The van der Waals surface area contributed by atoms with E-state index in [9.17, 15) is 13.6 Å². The normalized spacial score (nSPS) is 10.2. The standard InChI is InChI=1S/C13H8F2IN3O2/c1-21-13(20)12-11(18)6(4-17)5-19(12)7-2-8(14)10(16)9(15)3-7/h2-3,5H,18H2,1H3. The number of rotatable bonds is 2. The molecule has 2 rings (SSSR count). The van der Waals surface area contributed by atoms with Crippen molar-refractivity contribution in [1.29, 1.82) is 5.26 Å². The molecule has 0 saturated heterocycles. The number of methoxy groups -OCH3 is 1. The first-order chi connectivity index (χ1) is 9.90. The Morgan fingerprint density at radius 3 is 2.48 bits per heavy atom. The van der Waals surface area contributed by atoms with E-state index in [2.05, 4.69) is 4.74 Å². The molecule has 0 saturated carbocycles. The van der Waals surface area contributed by atoms with E-state index in [4.69, 9.17) is 11.0 Å². The monoisotopic (exact) mass is 403 g/mol. The molecule has 21 heavy (non-hydrogen) atoms. The summed E-state index contributed by atoms with van der Waals surface area (Å²) < 4.78 is 32.9. The van der Waals surface area contributed by atoms with Gasteiger partial charge in [0.05, 0.1) is 27.6 Å². The molecule has 108 valence electrons. The molecule has 1 heterocycles. The van der Waals surface area contributed by atoms with E-state index >= 15 is 0 Å². The van der Waals surface area contributed by atoms with E-state index in [0.29, 0.717) is 0 Å². The third-order valence-corrected chi connectivity index (χ3v) is 3.82. The van der Waals surface area contributed by atoms with Crippen molar-refractivity contribution in [1.82, 2.24) is 4.57 Å². The van der Waals surface area contributed by atoms with Crippen LogP contribution in [0.1, 0.15) is 16.1 Å². The average Bonchev–Trinajstić information content (AvgIpc) is 2.80. The van der Waals surface area contributed by atoms with Gasteiger partial charge in [0.25, 0.3) is 0 Å². The zero-order chi connectivity index (χ0) is 15.7. The Kier molecular flexibility index (Phi) is 4.13. The van der Waals surface area contributed by atoms with Gasteiger partial charge < -0.3 is 15.0 Å². The van der Waals surface area contributed by atoms with Gasteiger partial charge in [0.1, 0.15) is 17.7 Å². The van der Waals surface area contributed by atoms with Crippen LogP contribution in [0.3, 0.4) is 0 Å². The number of anilines is 1. The second-order valence-electron chi connectivity index (χ2n) is 4.00. The maximum Gasteiger partial charge on any atom is 0.357 e. The lowest BCUT2D eigenvalue weighted by atomic mass is 10.2. The number of nitrogen functional groups attached to an aromatic ring is 1.